The molecule has 2 unspecified atom stereocenters. The first-order valence-corrected chi connectivity index (χ1v) is 14.3. The molecule has 2 aromatic carbocycles. The molecule has 5 rings (SSSR count). The molecule has 3 fully saturated rings. The van der Waals surface area contributed by atoms with Crippen LogP contribution >= 0.6 is 0 Å². The number of carbonyl (C=O) groups excluding carboxylic acids is 3. The van der Waals surface area contributed by atoms with E-state index in [0.717, 1.165) is 17.5 Å². The maximum atomic E-state index is 13.9. The summed E-state index contributed by atoms with van der Waals surface area (Å²) in [5.41, 5.74) is 1.13. The van der Waals surface area contributed by atoms with E-state index in [1.807, 2.05) is 86.3 Å². The van der Waals surface area contributed by atoms with Crippen molar-refractivity contribution in [2.75, 3.05) is 19.7 Å². The summed E-state index contributed by atoms with van der Waals surface area (Å²) in [6.07, 6.45) is 3.88. The number of fused-ring (bicyclic) bond motifs is 1. The van der Waals surface area contributed by atoms with Gasteiger partial charge in [-0.1, -0.05) is 60.7 Å². The smallest absolute Gasteiger partial charge is 0.245 e. The molecule has 3 heterocycles. The quantitative estimate of drug-likeness (QED) is 0.507. The van der Waals surface area contributed by atoms with E-state index in [4.69, 9.17) is 4.74 Å². The van der Waals surface area contributed by atoms with Crippen molar-refractivity contribution in [1.82, 2.24) is 15.1 Å². The third-order valence-electron chi connectivity index (χ3n) is 8.58. The zero-order valence-corrected chi connectivity index (χ0v) is 23.4. The van der Waals surface area contributed by atoms with Gasteiger partial charge in [0.25, 0.3) is 0 Å². The Morgan fingerprint density at radius 3 is 2.28 bits per heavy atom. The van der Waals surface area contributed by atoms with Crippen LogP contribution in [0.4, 0.5) is 0 Å². The number of hydrogen-bond donors (Lipinski definition) is 1. The number of carbonyl (C=O) groups is 3. The van der Waals surface area contributed by atoms with Crippen LogP contribution in [0.15, 0.2) is 60.7 Å². The minimum absolute atomic E-state index is 0.0150. The summed E-state index contributed by atoms with van der Waals surface area (Å²) in [4.78, 5) is 45.2. The Morgan fingerprint density at radius 2 is 1.64 bits per heavy atom. The first kappa shape index (κ1) is 27.4. The van der Waals surface area contributed by atoms with Crippen LogP contribution < -0.4 is 5.32 Å². The molecule has 0 aliphatic carbocycles. The lowest BCUT2D eigenvalue weighted by atomic mass is 9.75. The fourth-order valence-corrected chi connectivity index (χ4v) is 6.98. The molecule has 0 saturated carbocycles. The van der Waals surface area contributed by atoms with Gasteiger partial charge in [-0.2, -0.15) is 0 Å². The minimum Gasteiger partial charge on any atom is -0.374 e. The molecular weight excluding hydrogens is 490 g/mol. The topological polar surface area (TPSA) is 79.0 Å². The van der Waals surface area contributed by atoms with Gasteiger partial charge in [0, 0.05) is 25.6 Å². The van der Waals surface area contributed by atoms with Gasteiger partial charge in [-0.15, -0.1) is 0 Å². The summed E-state index contributed by atoms with van der Waals surface area (Å²) in [6.45, 7) is 7.10. The van der Waals surface area contributed by atoms with Gasteiger partial charge < -0.3 is 19.9 Å². The highest BCUT2D eigenvalue weighted by atomic mass is 16.5. The van der Waals surface area contributed by atoms with Crippen molar-refractivity contribution in [2.45, 2.75) is 82.5 Å². The van der Waals surface area contributed by atoms with Crippen LogP contribution in [0.5, 0.6) is 0 Å². The van der Waals surface area contributed by atoms with Crippen molar-refractivity contribution in [3.05, 3.63) is 71.8 Å². The fraction of sp³-hybridized carbons (Fsp3) is 0.531. The van der Waals surface area contributed by atoms with Crippen molar-refractivity contribution in [2.24, 2.45) is 5.92 Å². The third kappa shape index (κ3) is 5.46. The van der Waals surface area contributed by atoms with E-state index in [1.165, 1.54) is 0 Å². The molecule has 3 aliphatic heterocycles. The predicted molar refractivity (Wildman–Crippen MR) is 150 cm³/mol. The molecule has 4 atom stereocenters. The van der Waals surface area contributed by atoms with Gasteiger partial charge in [0.05, 0.1) is 23.7 Å². The first-order chi connectivity index (χ1) is 18.7. The van der Waals surface area contributed by atoms with E-state index >= 15 is 0 Å². The van der Waals surface area contributed by atoms with Crippen LogP contribution in [0.3, 0.4) is 0 Å². The van der Waals surface area contributed by atoms with Gasteiger partial charge in [0.15, 0.2) is 0 Å². The SMILES string of the molecule is CC(C)(C)OCCN1C(=O)[C@H]2CC3CCC2([C@@H]1C(=O)NCCc1ccccc1)N3C(=O)CCc1ccccc1. The van der Waals surface area contributed by atoms with Gasteiger partial charge >= 0.3 is 0 Å². The van der Waals surface area contributed by atoms with E-state index in [0.29, 0.717) is 51.8 Å². The lowest BCUT2D eigenvalue weighted by Gasteiger charge is -2.40. The summed E-state index contributed by atoms with van der Waals surface area (Å²) < 4.78 is 5.96. The van der Waals surface area contributed by atoms with Crippen LogP contribution in [0, 0.1) is 5.92 Å². The number of hydrogen-bond acceptors (Lipinski definition) is 4. The minimum atomic E-state index is -0.784. The Kier molecular flexibility index (Phi) is 7.81. The Morgan fingerprint density at radius 1 is 1.00 bits per heavy atom. The Balaban J connectivity index is 1.37. The van der Waals surface area contributed by atoms with Crippen molar-refractivity contribution in [3.8, 4) is 0 Å². The van der Waals surface area contributed by atoms with E-state index in [-0.39, 0.29) is 35.3 Å². The predicted octanol–water partition coefficient (Wildman–Crippen LogP) is 3.75. The normalized spacial score (nSPS) is 25.7. The standard InChI is InChI=1S/C32H41N3O4/c1-31(2,3)39-21-20-34-28(29(37)33-19-17-24-12-8-5-9-13-24)32-18-16-25(22-26(32)30(34)38)35(32)27(36)15-14-23-10-6-4-7-11-23/h4-13,25-26,28H,14-22H2,1-3H3,(H,33,37)/t25?,26-,28+,32?/m1/s1. The van der Waals surface area contributed by atoms with E-state index in [9.17, 15) is 14.4 Å². The van der Waals surface area contributed by atoms with Gasteiger partial charge in [-0.25, -0.2) is 0 Å². The average Bonchev–Trinajstić information content (AvgIpc) is 3.52. The van der Waals surface area contributed by atoms with Gasteiger partial charge in [0.2, 0.25) is 17.7 Å². The second kappa shape index (κ2) is 11.1. The number of nitrogens with zero attached hydrogens (tertiary/aromatic N) is 2. The summed E-state index contributed by atoms with van der Waals surface area (Å²) in [6, 6.07) is 19.4. The molecule has 39 heavy (non-hydrogen) atoms. The van der Waals surface area contributed by atoms with Crippen LogP contribution in [0.25, 0.3) is 0 Å². The van der Waals surface area contributed by atoms with Gasteiger partial charge in [-0.3, -0.25) is 14.4 Å². The molecule has 1 N–H and O–H groups in total. The van der Waals surface area contributed by atoms with Crippen molar-refractivity contribution in [3.63, 3.8) is 0 Å². The number of nitrogens with one attached hydrogen (secondary N) is 1. The molecule has 2 bridgehead atoms. The number of rotatable bonds is 10. The largest absolute Gasteiger partial charge is 0.374 e. The first-order valence-electron chi connectivity index (χ1n) is 14.3. The molecule has 0 aromatic heterocycles. The molecule has 3 aliphatic rings. The van der Waals surface area contributed by atoms with Crippen LogP contribution in [0.1, 0.15) is 57.6 Å². The molecule has 3 amide bonds. The Labute approximate surface area is 231 Å². The maximum Gasteiger partial charge on any atom is 0.245 e. The lowest BCUT2D eigenvalue weighted by molar-refractivity contribution is -0.142. The molecule has 7 heteroatoms. The van der Waals surface area contributed by atoms with Crippen LogP contribution in [0.2, 0.25) is 0 Å². The zero-order valence-electron chi connectivity index (χ0n) is 23.4. The van der Waals surface area contributed by atoms with E-state index < -0.39 is 11.6 Å². The van der Waals surface area contributed by atoms with E-state index in [2.05, 4.69) is 5.32 Å². The molecule has 1 spiro atoms. The molecule has 7 nitrogen and oxygen atoms in total. The van der Waals surface area contributed by atoms with Crippen molar-refractivity contribution >= 4 is 17.7 Å². The highest BCUT2D eigenvalue weighted by molar-refractivity contribution is 5.98. The summed E-state index contributed by atoms with van der Waals surface area (Å²) in [5, 5.41) is 3.13. The van der Waals surface area contributed by atoms with Crippen LogP contribution in [-0.2, 0) is 32.0 Å². The lowest BCUT2D eigenvalue weighted by Crippen LogP contribution is -2.62. The molecule has 3 saturated heterocycles. The number of ether oxygens (including phenoxy) is 1. The highest BCUT2D eigenvalue weighted by Crippen LogP contribution is 2.57. The third-order valence-corrected chi connectivity index (χ3v) is 8.58. The Bertz CT molecular complexity index is 1180. The number of benzene rings is 2. The monoisotopic (exact) mass is 531 g/mol. The van der Waals surface area contributed by atoms with Gasteiger partial charge in [-0.05, 0) is 64.0 Å². The number of likely N-dealkylation sites (tertiary alicyclic amines) is 1. The molecular formula is C32H41N3O4. The highest BCUT2D eigenvalue weighted by Gasteiger charge is 2.72. The van der Waals surface area contributed by atoms with Gasteiger partial charge in [0.1, 0.15) is 6.04 Å². The Hall–Kier alpha value is -3.19. The van der Waals surface area contributed by atoms with Crippen molar-refractivity contribution < 1.29 is 19.1 Å². The van der Waals surface area contributed by atoms with Crippen molar-refractivity contribution in [1.29, 1.82) is 0 Å². The van der Waals surface area contributed by atoms with E-state index in [1.54, 1.807) is 4.90 Å². The summed E-state index contributed by atoms with van der Waals surface area (Å²) in [7, 11) is 0. The summed E-state index contributed by atoms with van der Waals surface area (Å²) >= 11 is 0. The fourth-order valence-electron chi connectivity index (χ4n) is 6.98. The maximum absolute atomic E-state index is 13.9. The number of aryl methyl sites for hydroxylation is 1. The number of amides is 3. The second-order valence-corrected chi connectivity index (χ2v) is 12.1. The van der Waals surface area contributed by atoms with Crippen LogP contribution in [-0.4, -0.2) is 70.4 Å². The second-order valence-electron chi connectivity index (χ2n) is 12.1. The summed E-state index contributed by atoms with van der Waals surface area (Å²) in [5.74, 6) is -0.470. The zero-order chi connectivity index (χ0) is 27.6. The average molecular weight is 532 g/mol. The molecule has 208 valence electrons. The molecule has 0 radical (unpaired) electrons. The molecule has 2 aromatic rings.